The van der Waals surface area contributed by atoms with Gasteiger partial charge in [0, 0.05) is 47.4 Å². The van der Waals surface area contributed by atoms with Gasteiger partial charge in [-0.3, -0.25) is 4.99 Å². The van der Waals surface area contributed by atoms with Crippen molar-refractivity contribution in [3.8, 4) is 0 Å². The number of fused-ring (bicyclic) bond motifs is 1. The Bertz CT molecular complexity index is 867. The normalized spacial score (nSPS) is 13.3. The smallest absolute Gasteiger partial charge is 0.191 e. The molecule has 1 unspecified atom stereocenters. The van der Waals surface area contributed by atoms with Crippen molar-refractivity contribution in [2.45, 2.75) is 32.3 Å². The number of thiophene rings is 1. The molecule has 0 fully saturated rings. The number of benzene rings is 1. The van der Waals surface area contributed by atoms with E-state index in [9.17, 15) is 5.11 Å². The van der Waals surface area contributed by atoms with E-state index in [1.165, 1.54) is 15.1 Å². The number of aliphatic imine (C=N–C) groups is 1. The standard InChI is InChI=1S/C20H26N4OS2/c1-13(2)19-24-15(12-26-19)8-9-22-20(21-3)23-11-16(25)18-10-14-6-4-5-7-17(14)27-18/h4-7,10,12-13,16,25H,8-9,11H2,1-3H3,(H2,21,22,23). The summed E-state index contributed by atoms with van der Waals surface area (Å²) >= 11 is 3.35. The molecule has 3 aromatic rings. The van der Waals surface area contributed by atoms with Crippen LogP contribution in [0.1, 0.15) is 41.4 Å². The third-order valence-electron chi connectivity index (χ3n) is 4.20. The zero-order valence-electron chi connectivity index (χ0n) is 15.9. The van der Waals surface area contributed by atoms with Gasteiger partial charge in [0.05, 0.1) is 10.7 Å². The predicted molar refractivity (Wildman–Crippen MR) is 116 cm³/mol. The number of rotatable bonds is 7. The van der Waals surface area contributed by atoms with Gasteiger partial charge in [-0.1, -0.05) is 32.0 Å². The molecule has 0 aliphatic rings. The second-order valence-corrected chi connectivity index (χ2v) is 8.67. The number of nitrogens with one attached hydrogen (secondary N) is 2. The van der Waals surface area contributed by atoms with Crippen LogP contribution < -0.4 is 10.6 Å². The highest BCUT2D eigenvalue weighted by Gasteiger charge is 2.12. The van der Waals surface area contributed by atoms with Gasteiger partial charge < -0.3 is 15.7 Å². The van der Waals surface area contributed by atoms with E-state index in [0.717, 1.165) is 23.5 Å². The fourth-order valence-electron chi connectivity index (χ4n) is 2.69. The Morgan fingerprint density at radius 2 is 2.07 bits per heavy atom. The number of hydrogen-bond acceptors (Lipinski definition) is 5. The molecule has 1 atom stereocenters. The molecule has 0 aliphatic carbocycles. The minimum Gasteiger partial charge on any atom is -0.386 e. The molecule has 27 heavy (non-hydrogen) atoms. The minimum absolute atomic E-state index is 0.417. The van der Waals surface area contributed by atoms with Gasteiger partial charge in [-0.15, -0.1) is 22.7 Å². The summed E-state index contributed by atoms with van der Waals surface area (Å²) < 4.78 is 1.19. The summed E-state index contributed by atoms with van der Waals surface area (Å²) in [7, 11) is 1.74. The van der Waals surface area contributed by atoms with E-state index in [-0.39, 0.29) is 0 Å². The largest absolute Gasteiger partial charge is 0.386 e. The molecule has 144 valence electrons. The van der Waals surface area contributed by atoms with Crippen molar-refractivity contribution in [2.75, 3.05) is 20.1 Å². The SMILES string of the molecule is CN=C(NCCc1csc(C(C)C)n1)NCC(O)c1cc2ccccc2s1. The molecule has 3 rings (SSSR count). The second-order valence-electron chi connectivity index (χ2n) is 6.66. The molecule has 0 bridgehead atoms. The second kappa shape index (κ2) is 9.30. The van der Waals surface area contributed by atoms with Crippen LogP contribution in [0.25, 0.3) is 10.1 Å². The molecule has 0 saturated heterocycles. The van der Waals surface area contributed by atoms with Crippen LogP contribution in [0.5, 0.6) is 0 Å². The van der Waals surface area contributed by atoms with E-state index in [2.05, 4.69) is 58.0 Å². The Labute approximate surface area is 168 Å². The van der Waals surface area contributed by atoms with Gasteiger partial charge >= 0.3 is 0 Å². The number of aliphatic hydroxyl groups excluding tert-OH is 1. The molecule has 2 heterocycles. The Hall–Kier alpha value is -1.96. The summed E-state index contributed by atoms with van der Waals surface area (Å²) in [5.74, 6) is 1.16. The molecule has 7 heteroatoms. The third-order valence-corrected chi connectivity index (χ3v) is 6.61. The van der Waals surface area contributed by atoms with Crippen molar-refractivity contribution < 1.29 is 5.11 Å². The molecule has 1 aromatic carbocycles. The van der Waals surface area contributed by atoms with Crippen molar-refractivity contribution >= 4 is 38.7 Å². The Morgan fingerprint density at radius 3 is 2.78 bits per heavy atom. The van der Waals surface area contributed by atoms with Gasteiger partial charge in [0.2, 0.25) is 0 Å². The summed E-state index contributed by atoms with van der Waals surface area (Å²) in [6.45, 7) is 5.49. The van der Waals surface area contributed by atoms with Crippen molar-refractivity contribution in [2.24, 2.45) is 4.99 Å². The van der Waals surface area contributed by atoms with Crippen molar-refractivity contribution in [3.63, 3.8) is 0 Å². The van der Waals surface area contributed by atoms with Gasteiger partial charge in [-0.05, 0) is 17.5 Å². The Balaban J connectivity index is 1.46. The molecule has 0 radical (unpaired) electrons. The maximum atomic E-state index is 10.5. The van der Waals surface area contributed by atoms with Gasteiger partial charge in [-0.25, -0.2) is 4.98 Å². The molecule has 0 amide bonds. The van der Waals surface area contributed by atoms with E-state index in [0.29, 0.717) is 18.4 Å². The van der Waals surface area contributed by atoms with Crippen molar-refractivity contribution in [1.82, 2.24) is 15.6 Å². The van der Waals surface area contributed by atoms with Crippen LogP contribution in [0.3, 0.4) is 0 Å². The van der Waals surface area contributed by atoms with Crippen LogP contribution >= 0.6 is 22.7 Å². The van der Waals surface area contributed by atoms with Gasteiger partial charge in [0.1, 0.15) is 6.10 Å². The van der Waals surface area contributed by atoms with E-state index < -0.39 is 6.10 Å². The van der Waals surface area contributed by atoms with Crippen LogP contribution in [0.4, 0.5) is 0 Å². The summed E-state index contributed by atoms with van der Waals surface area (Å²) in [6, 6.07) is 10.2. The fraction of sp³-hybridized carbons (Fsp3) is 0.400. The minimum atomic E-state index is -0.562. The highest BCUT2D eigenvalue weighted by molar-refractivity contribution is 7.19. The summed E-state index contributed by atoms with van der Waals surface area (Å²) in [6.07, 6.45) is 0.288. The topological polar surface area (TPSA) is 69.5 Å². The molecule has 2 aromatic heterocycles. The average Bonchev–Trinajstić information content (AvgIpc) is 3.31. The predicted octanol–water partition coefficient (Wildman–Crippen LogP) is 3.92. The highest BCUT2D eigenvalue weighted by atomic mass is 32.1. The first-order valence-corrected chi connectivity index (χ1v) is 10.8. The van der Waals surface area contributed by atoms with Crippen LogP contribution in [0.2, 0.25) is 0 Å². The van der Waals surface area contributed by atoms with Crippen LogP contribution in [0, 0.1) is 0 Å². The van der Waals surface area contributed by atoms with E-state index in [1.807, 2.05) is 12.1 Å². The molecular formula is C20H26N4OS2. The quantitative estimate of drug-likeness (QED) is 0.414. The van der Waals surface area contributed by atoms with E-state index in [4.69, 9.17) is 0 Å². The lowest BCUT2D eigenvalue weighted by atomic mass is 10.2. The fourth-order valence-corrected chi connectivity index (χ4v) is 4.61. The Kier molecular flexibility index (Phi) is 6.82. The van der Waals surface area contributed by atoms with Crippen LogP contribution in [-0.4, -0.2) is 36.2 Å². The lowest BCUT2D eigenvalue weighted by Crippen LogP contribution is -2.40. The monoisotopic (exact) mass is 402 g/mol. The van der Waals surface area contributed by atoms with Crippen LogP contribution in [-0.2, 0) is 6.42 Å². The van der Waals surface area contributed by atoms with Gasteiger partial charge in [0.25, 0.3) is 0 Å². The molecule has 5 nitrogen and oxygen atoms in total. The molecule has 0 aliphatic heterocycles. The van der Waals surface area contributed by atoms with Gasteiger partial charge in [-0.2, -0.15) is 0 Å². The number of guanidine groups is 1. The lowest BCUT2D eigenvalue weighted by Gasteiger charge is -2.14. The third kappa shape index (κ3) is 5.28. The zero-order valence-corrected chi connectivity index (χ0v) is 17.5. The van der Waals surface area contributed by atoms with Gasteiger partial charge in [0.15, 0.2) is 5.96 Å². The molecule has 0 spiro atoms. The number of thiazole rings is 1. The number of hydrogen-bond donors (Lipinski definition) is 3. The first-order chi connectivity index (χ1) is 13.1. The maximum absolute atomic E-state index is 10.5. The highest BCUT2D eigenvalue weighted by Crippen LogP contribution is 2.29. The average molecular weight is 403 g/mol. The summed E-state index contributed by atoms with van der Waals surface area (Å²) in [5.41, 5.74) is 1.11. The first kappa shape index (κ1) is 19.8. The Morgan fingerprint density at radius 1 is 1.26 bits per heavy atom. The first-order valence-electron chi connectivity index (χ1n) is 9.12. The van der Waals surface area contributed by atoms with Crippen LogP contribution in [0.15, 0.2) is 40.7 Å². The van der Waals surface area contributed by atoms with E-state index >= 15 is 0 Å². The summed E-state index contributed by atoms with van der Waals surface area (Å²) in [5, 5.41) is 21.4. The molecular weight excluding hydrogens is 376 g/mol. The summed E-state index contributed by atoms with van der Waals surface area (Å²) in [4.78, 5) is 9.84. The number of aromatic nitrogens is 1. The molecule has 3 N–H and O–H groups in total. The zero-order chi connectivity index (χ0) is 19.2. The molecule has 0 saturated carbocycles. The van der Waals surface area contributed by atoms with Crippen molar-refractivity contribution in [3.05, 3.63) is 51.3 Å². The van der Waals surface area contributed by atoms with E-state index in [1.54, 1.807) is 29.7 Å². The lowest BCUT2D eigenvalue weighted by molar-refractivity contribution is 0.184. The number of nitrogens with zero attached hydrogens (tertiary/aromatic N) is 2. The number of aliphatic hydroxyl groups is 1. The maximum Gasteiger partial charge on any atom is 0.191 e. The van der Waals surface area contributed by atoms with Crippen molar-refractivity contribution in [1.29, 1.82) is 0 Å².